The van der Waals surface area contributed by atoms with Gasteiger partial charge in [0.2, 0.25) is 0 Å². The summed E-state index contributed by atoms with van der Waals surface area (Å²) >= 11 is 11.5. The summed E-state index contributed by atoms with van der Waals surface area (Å²) in [7, 11) is 0. The lowest BCUT2D eigenvalue weighted by Gasteiger charge is -2.05. The number of nitro groups is 1. The molecule has 0 bridgehead atoms. The van der Waals surface area contributed by atoms with E-state index < -0.39 is 10.9 Å². The number of aromatic nitrogens is 1. The van der Waals surface area contributed by atoms with E-state index >= 15 is 0 Å². The van der Waals surface area contributed by atoms with Crippen molar-refractivity contribution in [2.75, 3.05) is 0 Å². The Morgan fingerprint density at radius 1 is 1.15 bits per heavy atom. The van der Waals surface area contributed by atoms with Gasteiger partial charge in [-0.3, -0.25) is 10.1 Å². The molecule has 0 radical (unpaired) electrons. The molecule has 0 saturated heterocycles. The van der Waals surface area contributed by atoms with Crippen molar-refractivity contribution in [2.45, 2.75) is 0 Å². The third-order valence-corrected chi connectivity index (χ3v) is 2.78. The fourth-order valence-corrected chi connectivity index (χ4v) is 1.68. The second kappa shape index (κ2) is 5.85. The van der Waals surface area contributed by atoms with E-state index in [1.807, 2.05) is 0 Å². The van der Waals surface area contributed by atoms with E-state index in [9.17, 15) is 14.9 Å². The van der Waals surface area contributed by atoms with Gasteiger partial charge in [-0.25, -0.2) is 9.78 Å². The number of rotatable bonds is 3. The molecule has 0 N–H and O–H groups in total. The van der Waals surface area contributed by atoms with Gasteiger partial charge >= 0.3 is 5.97 Å². The number of pyridine rings is 1. The van der Waals surface area contributed by atoms with Crippen molar-refractivity contribution in [2.24, 2.45) is 0 Å². The molecule has 0 unspecified atom stereocenters. The van der Waals surface area contributed by atoms with Gasteiger partial charge in [0.1, 0.15) is 10.9 Å². The number of benzene rings is 1. The van der Waals surface area contributed by atoms with Crippen molar-refractivity contribution in [3.05, 3.63) is 62.4 Å². The van der Waals surface area contributed by atoms with Crippen LogP contribution in [0.25, 0.3) is 0 Å². The Hall–Kier alpha value is -2.18. The first kappa shape index (κ1) is 14.2. The lowest BCUT2D eigenvalue weighted by Crippen LogP contribution is -2.11. The van der Waals surface area contributed by atoms with Crippen LogP contribution in [-0.2, 0) is 0 Å². The molecule has 8 heteroatoms. The molecule has 6 nitrogen and oxygen atoms in total. The highest BCUT2D eigenvalue weighted by Crippen LogP contribution is 2.21. The van der Waals surface area contributed by atoms with Gasteiger partial charge in [0.25, 0.3) is 5.69 Å². The summed E-state index contributed by atoms with van der Waals surface area (Å²) in [6, 6.07) is 7.89. The predicted molar refractivity (Wildman–Crippen MR) is 72.3 cm³/mol. The Morgan fingerprint density at radius 3 is 2.40 bits per heavy atom. The molecule has 0 fully saturated rings. The fraction of sp³-hybridized carbons (Fsp3) is 0. The molecule has 0 aliphatic carbocycles. The first-order valence-corrected chi connectivity index (χ1v) is 6.01. The molecule has 0 aliphatic rings. The Bertz CT molecular complexity index is 674. The minimum atomic E-state index is -0.800. The molecule has 0 saturated carbocycles. The first-order valence-electron chi connectivity index (χ1n) is 5.26. The number of ether oxygens (including phenoxy) is 1. The summed E-state index contributed by atoms with van der Waals surface area (Å²) in [5.41, 5.74) is -0.235. The molecule has 0 aliphatic heterocycles. The lowest BCUT2D eigenvalue weighted by atomic mass is 10.3. The van der Waals surface area contributed by atoms with Gasteiger partial charge in [-0.05, 0) is 24.3 Å². The van der Waals surface area contributed by atoms with Crippen LogP contribution in [-0.4, -0.2) is 15.9 Å². The van der Waals surface area contributed by atoms with E-state index in [4.69, 9.17) is 27.9 Å². The van der Waals surface area contributed by atoms with Crippen LogP contribution in [0, 0.1) is 10.1 Å². The average molecular weight is 313 g/mol. The van der Waals surface area contributed by atoms with Crippen molar-refractivity contribution >= 4 is 34.9 Å². The van der Waals surface area contributed by atoms with Crippen LogP contribution in [0.15, 0.2) is 36.4 Å². The van der Waals surface area contributed by atoms with Crippen LogP contribution in [0.3, 0.4) is 0 Å². The SMILES string of the molecule is O=C(Oc1ccc([N+](=O)[O-])cc1)c1nc(Cl)ccc1Cl. The molecule has 1 aromatic carbocycles. The van der Waals surface area contributed by atoms with Crippen LogP contribution < -0.4 is 4.74 Å². The Kier molecular flexibility index (Phi) is 4.16. The maximum Gasteiger partial charge on any atom is 0.363 e. The van der Waals surface area contributed by atoms with Gasteiger partial charge in [-0.15, -0.1) is 0 Å². The van der Waals surface area contributed by atoms with Gasteiger partial charge in [0.05, 0.1) is 9.95 Å². The van der Waals surface area contributed by atoms with Crippen molar-refractivity contribution in [1.29, 1.82) is 0 Å². The van der Waals surface area contributed by atoms with E-state index in [1.54, 1.807) is 0 Å². The van der Waals surface area contributed by atoms with Crippen LogP contribution in [0.2, 0.25) is 10.2 Å². The summed E-state index contributed by atoms with van der Waals surface area (Å²) in [4.78, 5) is 25.5. The summed E-state index contributed by atoms with van der Waals surface area (Å²) in [6.45, 7) is 0. The summed E-state index contributed by atoms with van der Waals surface area (Å²) < 4.78 is 5.00. The van der Waals surface area contributed by atoms with Crippen LogP contribution in [0.1, 0.15) is 10.5 Å². The molecule has 2 rings (SSSR count). The number of nitro benzene ring substituents is 1. The number of carbonyl (C=O) groups is 1. The Balaban J connectivity index is 2.19. The van der Waals surface area contributed by atoms with E-state index in [0.29, 0.717) is 0 Å². The minimum absolute atomic E-state index is 0.0984. The first-order chi connectivity index (χ1) is 9.47. The Labute approximate surface area is 123 Å². The molecule has 20 heavy (non-hydrogen) atoms. The minimum Gasteiger partial charge on any atom is -0.422 e. The largest absolute Gasteiger partial charge is 0.422 e. The quantitative estimate of drug-likeness (QED) is 0.285. The number of carbonyl (C=O) groups excluding carboxylic acids is 1. The second-order valence-corrected chi connectivity index (χ2v) is 4.40. The molecule has 1 heterocycles. The molecule has 0 amide bonds. The van der Waals surface area contributed by atoms with Gasteiger partial charge in [-0.1, -0.05) is 23.2 Å². The van der Waals surface area contributed by atoms with Gasteiger partial charge in [0, 0.05) is 12.1 Å². The number of esters is 1. The van der Waals surface area contributed by atoms with E-state index in [2.05, 4.69) is 4.98 Å². The van der Waals surface area contributed by atoms with Crippen molar-refractivity contribution in [1.82, 2.24) is 4.98 Å². The van der Waals surface area contributed by atoms with Crippen LogP contribution in [0.5, 0.6) is 5.75 Å². The maximum atomic E-state index is 11.8. The molecule has 102 valence electrons. The topological polar surface area (TPSA) is 82.3 Å². The number of hydrogen-bond acceptors (Lipinski definition) is 5. The smallest absolute Gasteiger partial charge is 0.363 e. The number of nitrogens with zero attached hydrogens (tertiary/aromatic N) is 2. The van der Waals surface area contributed by atoms with E-state index in [1.165, 1.54) is 36.4 Å². The van der Waals surface area contributed by atoms with Crippen LogP contribution in [0.4, 0.5) is 5.69 Å². The highest BCUT2D eigenvalue weighted by Gasteiger charge is 2.16. The van der Waals surface area contributed by atoms with Crippen molar-refractivity contribution < 1.29 is 14.5 Å². The second-order valence-electron chi connectivity index (χ2n) is 3.60. The standard InChI is InChI=1S/C12H6Cl2N2O4/c13-9-5-6-10(14)15-11(9)12(17)20-8-3-1-7(2-4-8)16(18)19/h1-6H. The summed E-state index contributed by atoms with van der Waals surface area (Å²) in [6.07, 6.45) is 0. The number of halogens is 2. The van der Waals surface area contributed by atoms with Gasteiger partial charge < -0.3 is 4.74 Å². The van der Waals surface area contributed by atoms with Crippen LogP contribution >= 0.6 is 23.2 Å². The number of non-ortho nitro benzene ring substituents is 1. The molecule has 0 spiro atoms. The molecular formula is C12H6Cl2N2O4. The summed E-state index contributed by atoms with van der Waals surface area (Å²) in [5, 5.41) is 10.7. The average Bonchev–Trinajstić information content (AvgIpc) is 2.42. The fourth-order valence-electron chi connectivity index (χ4n) is 1.35. The molecular weight excluding hydrogens is 307 g/mol. The lowest BCUT2D eigenvalue weighted by molar-refractivity contribution is -0.384. The third kappa shape index (κ3) is 3.23. The highest BCUT2D eigenvalue weighted by atomic mass is 35.5. The van der Waals surface area contributed by atoms with Crippen molar-refractivity contribution in [3.63, 3.8) is 0 Å². The monoisotopic (exact) mass is 312 g/mol. The summed E-state index contributed by atoms with van der Waals surface area (Å²) in [5.74, 6) is -0.662. The molecule has 1 aromatic heterocycles. The van der Waals surface area contributed by atoms with E-state index in [-0.39, 0.29) is 27.3 Å². The normalized spacial score (nSPS) is 10.1. The predicted octanol–water partition coefficient (Wildman–Crippen LogP) is 3.52. The third-order valence-electron chi connectivity index (χ3n) is 2.26. The zero-order chi connectivity index (χ0) is 14.7. The zero-order valence-corrected chi connectivity index (χ0v) is 11.3. The van der Waals surface area contributed by atoms with Gasteiger partial charge in [-0.2, -0.15) is 0 Å². The Morgan fingerprint density at radius 2 is 1.80 bits per heavy atom. The molecule has 2 aromatic rings. The van der Waals surface area contributed by atoms with E-state index in [0.717, 1.165) is 0 Å². The maximum absolute atomic E-state index is 11.8. The number of hydrogen-bond donors (Lipinski definition) is 0. The highest BCUT2D eigenvalue weighted by molar-refractivity contribution is 6.34. The zero-order valence-electron chi connectivity index (χ0n) is 9.75. The van der Waals surface area contributed by atoms with Gasteiger partial charge in [0.15, 0.2) is 5.69 Å². The van der Waals surface area contributed by atoms with Crippen molar-refractivity contribution in [3.8, 4) is 5.75 Å². The molecule has 0 atom stereocenters.